The van der Waals surface area contributed by atoms with Crippen molar-refractivity contribution in [3.8, 4) is 11.5 Å². The first-order chi connectivity index (χ1) is 15.1. The molecule has 0 aliphatic heterocycles. The topological polar surface area (TPSA) is 88.5 Å². The Morgan fingerprint density at radius 3 is 2.45 bits per heavy atom. The third-order valence-electron chi connectivity index (χ3n) is 4.04. The Hall–Kier alpha value is -2.33. The lowest BCUT2D eigenvalue weighted by atomic mass is 10.2. The van der Waals surface area contributed by atoms with Gasteiger partial charge in [-0.2, -0.15) is 0 Å². The number of anilines is 2. The van der Waals surface area contributed by atoms with E-state index in [-0.39, 0.29) is 6.61 Å². The maximum Gasteiger partial charge on any atom is 0.191 e. The van der Waals surface area contributed by atoms with Crippen LogP contribution in [0.25, 0.3) is 0 Å². The first kappa shape index (κ1) is 23.3. The largest absolute Gasteiger partial charge is 0.495 e. The third-order valence-corrected chi connectivity index (χ3v) is 6.10. The van der Waals surface area contributed by atoms with Crippen LogP contribution in [0, 0.1) is 0 Å². The zero-order valence-corrected chi connectivity index (χ0v) is 19.5. The van der Waals surface area contributed by atoms with Gasteiger partial charge in [0.25, 0.3) is 0 Å². The maximum atomic E-state index is 9.13. The van der Waals surface area contributed by atoms with E-state index in [9.17, 15) is 0 Å². The van der Waals surface area contributed by atoms with Crippen LogP contribution in [0.4, 0.5) is 11.6 Å². The predicted molar refractivity (Wildman–Crippen MR) is 128 cm³/mol. The van der Waals surface area contributed by atoms with Gasteiger partial charge >= 0.3 is 0 Å². The highest BCUT2D eigenvalue weighted by Crippen LogP contribution is 2.38. The van der Waals surface area contributed by atoms with E-state index >= 15 is 0 Å². The van der Waals surface area contributed by atoms with Crippen molar-refractivity contribution in [1.29, 1.82) is 0 Å². The molecule has 0 bridgehead atoms. The predicted octanol–water partition coefficient (Wildman–Crippen LogP) is 4.96. The van der Waals surface area contributed by atoms with Crippen molar-refractivity contribution in [2.45, 2.75) is 15.8 Å². The van der Waals surface area contributed by atoms with E-state index in [1.165, 1.54) is 29.3 Å². The average molecular weight is 479 g/mol. The summed E-state index contributed by atoms with van der Waals surface area (Å²) >= 11 is 9.05. The van der Waals surface area contributed by atoms with Crippen LogP contribution in [-0.4, -0.2) is 42.4 Å². The summed E-state index contributed by atoms with van der Waals surface area (Å²) in [5.41, 5.74) is 1.19. The molecule has 0 aliphatic carbocycles. The Balaban J connectivity index is 1.78. The molecule has 3 N–H and O–H groups in total. The van der Waals surface area contributed by atoms with Gasteiger partial charge in [-0.25, -0.2) is 9.97 Å². The molecule has 31 heavy (non-hydrogen) atoms. The highest BCUT2D eigenvalue weighted by atomic mass is 35.5. The summed E-state index contributed by atoms with van der Waals surface area (Å²) in [5.74, 6) is 3.17. The average Bonchev–Trinajstić information content (AvgIpc) is 2.81. The second kappa shape index (κ2) is 11.9. The molecule has 0 atom stereocenters. The highest BCUT2D eigenvalue weighted by Gasteiger charge is 2.12. The van der Waals surface area contributed by atoms with E-state index in [1.54, 1.807) is 32.4 Å². The number of benzene rings is 2. The summed E-state index contributed by atoms with van der Waals surface area (Å²) in [5, 5.41) is 13.3. The van der Waals surface area contributed by atoms with Crippen LogP contribution in [0.15, 0.2) is 58.6 Å². The van der Waals surface area contributed by atoms with Gasteiger partial charge < -0.3 is 24.6 Å². The summed E-state index contributed by atoms with van der Waals surface area (Å²) < 4.78 is 14.0. The molecule has 7 nitrogen and oxygen atoms in total. The second-order valence-corrected chi connectivity index (χ2v) is 8.39. The molecule has 10 heteroatoms. The monoisotopic (exact) mass is 478 g/mol. The number of rotatable bonds is 11. The van der Waals surface area contributed by atoms with Crippen molar-refractivity contribution in [3.05, 3.63) is 59.1 Å². The minimum atomic E-state index is 0.00970. The van der Waals surface area contributed by atoms with Gasteiger partial charge in [-0.1, -0.05) is 53.7 Å². The lowest BCUT2D eigenvalue weighted by Gasteiger charge is -2.13. The smallest absolute Gasteiger partial charge is 0.191 e. The van der Waals surface area contributed by atoms with Gasteiger partial charge in [-0.3, -0.25) is 0 Å². The van der Waals surface area contributed by atoms with Crippen molar-refractivity contribution in [1.82, 2.24) is 9.97 Å². The number of methoxy groups -OCH3 is 2. The molecule has 3 rings (SSSR count). The lowest BCUT2D eigenvalue weighted by Crippen LogP contribution is -2.08. The lowest BCUT2D eigenvalue weighted by molar-refractivity contribution is 0.311. The molecule has 1 aromatic heterocycles. The molecular formula is C21H23ClN4O3S2. The SMILES string of the molecule is COc1cc(SNc2cc(NCCO)nc(SCc3ccccc3)n2)c(OC)cc1Cl. The molecule has 0 unspecified atom stereocenters. The van der Waals surface area contributed by atoms with Crippen molar-refractivity contribution in [3.63, 3.8) is 0 Å². The van der Waals surface area contributed by atoms with Gasteiger partial charge in [0.2, 0.25) is 0 Å². The van der Waals surface area contributed by atoms with E-state index in [0.29, 0.717) is 39.9 Å². The maximum absolute atomic E-state index is 9.13. The number of nitrogens with zero attached hydrogens (tertiary/aromatic N) is 2. The van der Waals surface area contributed by atoms with Crippen molar-refractivity contribution < 1.29 is 14.6 Å². The normalized spacial score (nSPS) is 10.6. The first-order valence-electron chi connectivity index (χ1n) is 9.38. The van der Waals surface area contributed by atoms with Crippen LogP contribution in [0.2, 0.25) is 5.02 Å². The fourth-order valence-corrected chi connectivity index (χ4v) is 4.33. The van der Waals surface area contributed by atoms with E-state index in [1.807, 2.05) is 18.2 Å². The number of nitrogens with one attached hydrogen (secondary N) is 2. The molecule has 0 radical (unpaired) electrons. The number of ether oxygens (including phenoxy) is 2. The zero-order valence-electron chi connectivity index (χ0n) is 17.1. The van der Waals surface area contributed by atoms with E-state index in [4.69, 9.17) is 26.2 Å². The Morgan fingerprint density at radius 2 is 1.74 bits per heavy atom. The summed E-state index contributed by atoms with van der Waals surface area (Å²) in [7, 11) is 3.15. The fourth-order valence-electron chi connectivity index (χ4n) is 2.56. The van der Waals surface area contributed by atoms with E-state index in [2.05, 4.69) is 32.1 Å². The summed E-state index contributed by atoms with van der Waals surface area (Å²) in [6, 6.07) is 15.4. The Bertz CT molecular complexity index is 996. The number of thioether (sulfide) groups is 1. The molecule has 2 aromatic carbocycles. The van der Waals surface area contributed by atoms with Crippen molar-refractivity contribution in [2.75, 3.05) is 37.4 Å². The van der Waals surface area contributed by atoms with Crippen LogP contribution in [0.3, 0.4) is 0 Å². The Morgan fingerprint density at radius 1 is 1.00 bits per heavy atom. The quantitative estimate of drug-likeness (QED) is 0.201. The van der Waals surface area contributed by atoms with Gasteiger partial charge in [0, 0.05) is 30.5 Å². The van der Waals surface area contributed by atoms with Crippen molar-refractivity contribution in [2.24, 2.45) is 0 Å². The zero-order chi connectivity index (χ0) is 22.1. The van der Waals surface area contributed by atoms with E-state index in [0.717, 1.165) is 10.6 Å². The second-order valence-electron chi connectivity index (χ2n) is 6.19. The van der Waals surface area contributed by atoms with Gasteiger partial charge in [0.05, 0.1) is 30.7 Å². The molecule has 0 amide bonds. The van der Waals surface area contributed by atoms with Gasteiger partial charge in [-0.15, -0.1) is 0 Å². The number of hydrogen-bond donors (Lipinski definition) is 3. The number of hydrogen-bond acceptors (Lipinski definition) is 9. The number of halogens is 1. The minimum absolute atomic E-state index is 0.00970. The molecule has 0 saturated carbocycles. The van der Waals surface area contributed by atoms with Crippen molar-refractivity contribution >= 4 is 46.9 Å². The molecule has 0 saturated heterocycles. The van der Waals surface area contributed by atoms with Gasteiger partial charge in [0.1, 0.15) is 23.1 Å². The van der Waals surface area contributed by atoms with Crippen LogP contribution < -0.4 is 19.5 Å². The van der Waals surface area contributed by atoms with Crippen LogP contribution in [0.5, 0.6) is 11.5 Å². The molecule has 0 aliphatic rings. The molecule has 0 spiro atoms. The number of aliphatic hydroxyl groups excluding tert-OH is 1. The highest BCUT2D eigenvalue weighted by molar-refractivity contribution is 8.00. The molecular weight excluding hydrogens is 456 g/mol. The number of aliphatic hydroxyl groups is 1. The molecule has 0 fully saturated rings. The van der Waals surface area contributed by atoms with Crippen LogP contribution in [0.1, 0.15) is 5.56 Å². The molecule has 3 aromatic rings. The Kier molecular flexibility index (Phi) is 8.96. The van der Waals surface area contributed by atoms with Gasteiger partial charge in [0.15, 0.2) is 5.16 Å². The van der Waals surface area contributed by atoms with Crippen LogP contribution in [-0.2, 0) is 5.75 Å². The Labute approximate surface area is 195 Å². The van der Waals surface area contributed by atoms with Gasteiger partial charge in [-0.05, 0) is 17.5 Å². The molecule has 164 valence electrons. The van der Waals surface area contributed by atoms with E-state index < -0.39 is 0 Å². The first-order valence-corrected chi connectivity index (χ1v) is 11.6. The standard InChI is InChI=1S/C21H23ClN4O3S2/c1-28-16-11-18(17(29-2)10-15(16)22)31-26-20-12-19(23-8-9-27)24-21(25-20)30-13-14-6-4-3-5-7-14/h3-7,10-12,27H,8-9,13H2,1-2H3,(H2,23,24,25,26). The summed E-state index contributed by atoms with van der Waals surface area (Å²) in [4.78, 5) is 9.94. The summed E-state index contributed by atoms with van der Waals surface area (Å²) in [6.45, 7) is 0.407. The minimum Gasteiger partial charge on any atom is -0.495 e. The summed E-state index contributed by atoms with van der Waals surface area (Å²) in [6.07, 6.45) is 0. The fraction of sp³-hybridized carbons (Fsp3) is 0.238. The number of aromatic nitrogens is 2. The molecule has 1 heterocycles. The third kappa shape index (κ3) is 6.83. The van der Waals surface area contributed by atoms with Crippen LogP contribution >= 0.6 is 35.3 Å².